The monoisotopic (exact) mass is 595 g/mol. The number of ether oxygens (including phenoxy) is 1. The van der Waals surface area contributed by atoms with Gasteiger partial charge in [-0.1, -0.05) is 17.7 Å². The van der Waals surface area contributed by atoms with Crippen LogP contribution in [0.1, 0.15) is 0 Å². The number of aryl methyl sites for hydroxylation is 1. The van der Waals surface area contributed by atoms with Crippen LogP contribution in [0.4, 0.5) is 11.5 Å². The molecule has 0 atom stereocenters. The molecule has 0 unspecified atom stereocenters. The summed E-state index contributed by atoms with van der Waals surface area (Å²) in [5.74, 6) is 1.78. The van der Waals surface area contributed by atoms with Crippen LogP contribution in [0, 0.1) is 0 Å². The first-order chi connectivity index (χ1) is 17.9. The molecule has 2 N–H and O–H groups in total. The molecule has 5 rings (SSSR count). The second kappa shape index (κ2) is 11.2. The number of benzene rings is 2. The Kier molecular flexibility index (Phi) is 8.18. The normalized spacial score (nSPS) is 11.8. The van der Waals surface area contributed by atoms with Gasteiger partial charge >= 0.3 is 0 Å². The third-order valence-corrected chi connectivity index (χ3v) is 7.01. The summed E-state index contributed by atoms with van der Waals surface area (Å²) in [4.78, 5) is 8.63. The third kappa shape index (κ3) is 7.39. The van der Waals surface area contributed by atoms with E-state index in [2.05, 4.69) is 19.7 Å². The fraction of sp³-hybridized carbons (Fsp3) is 0.174. The van der Waals surface area contributed by atoms with E-state index in [0.29, 0.717) is 51.9 Å². The second-order valence-electron chi connectivity index (χ2n) is 8.19. The summed E-state index contributed by atoms with van der Waals surface area (Å²) >= 11 is 7.92. The Balaban J connectivity index is 0.000000617. The molecule has 11 nitrogen and oxygen atoms in total. The van der Waals surface area contributed by atoms with E-state index in [1.807, 2.05) is 34.9 Å². The van der Waals surface area contributed by atoms with Gasteiger partial charge in [-0.15, -0.1) is 0 Å². The number of nitrogens with zero attached hydrogens (tertiary/aromatic N) is 4. The molecular weight excluding hydrogens is 574 g/mol. The number of hydrogen-bond donors (Lipinski definition) is 2. The minimum Gasteiger partial charge on any atom is -0.455 e. The van der Waals surface area contributed by atoms with E-state index < -0.39 is 20.0 Å². The number of anilines is 2. The summed E-state index contributed by atoms with van der Waals surface area (Å²) in [5, 5.41) is 4.62. The maximum atomic E-state index is 11.6. The van der Waals surface area contributed by atoms with Gasteiger partial charge in [0, 0.05) is 24.7 Å². The lowest BCUT2D eigenvalue weighted by molar-refractivity contribution is 0.488. The highest BCUT2D eigenvalue weighted by molar-refractivity contribution is 7.90. The van der Waals surface area contributed by atoms with E-state index >= 15 is 0 Å². The fourth-order valence-corrected chi connectivity index (χ4v) is 4.86. The van der Waals surface area contributed by atoms with Crippen molar-refractivity contribution in [3.8, 4) is 11.5 Å². The summed E-state index contributed by atoms with van der Waals surface area (Å²) in [6.45, 7) is 0.306. The van der Waals surface area contributed by atoms with Gasteiger partial charge in [-0.2, -0.15) is 12.8 Å². The molecule has 0 saturated heterocycles. The Labute approximate surface area is 227 Å². The van der Waals surface area contributed by atoms with E-state index in [1.54, 1.807) is 24.5 Å². The highest BCUT2D eigenvalue weighted by Crippen LogP contribution is 2.36. The summed E-state index contributed by atoms with van der Waals surface area (Å²) < 4.78 is 62.2. The maximum absolute atomic E-state index is 11.6. The van der Waals surface area contributed by atoms with Crippen molar-refractivity contribution in [3.63, 3.8) is 0 Å². The number of aromatic nitrogens is 4. The summed E-state index contributed by atoms with van der Waals surface area (Å²) in [7, 11) is -6.77. The second-order valence-corrected chi connectivity index (χ2v) is 13.2. The standard InChI is InChI=1S/C22H18ClN5O3S2.CH4O3S/c1-33(29,30)10-9-28-8-7-17-21(28)22(25-13-24-17)27-14-5-6-19(16(23)11-14)31-18-3-2-4-20-15(18)12-26-32-20;1-5(2,3)4/h2-8,11-13H,9-10H2,1H3,(H,24,25,27);1H3,(H,2,3,4). The molecule has 0 bridgehead atoms. The first kappa shape index (κ1) is 27.7. The van der Waals surface area contributed by atoms with E-state index in [0.717, 1.165) is 10.1 Å². The fourth-order valence-electron chi connectivity index (χ4n) is 3.45. The van der Waals surface area contributed by atoms with Crippen molar-refractivity contribution >= 4 is 75.7 Å². The molecular formula is C23H22ClN5O6S3. The van der Waals surface area contributed by atoms with Crippen LogP contribution in [0.3, 0.4) is 0 Å². The zero-order chi connectivity index (χ0) is 27.5. The quantitative estimate of drug-likeness (QED) is 0.251. The summed E-state index contributed by atoms with van der Waals surface area (Å²) in [6, 6.07) is 13.0. The van der Waals surface area contributed by atoms with Gasteiger partial charge in [-0.3, -0.25) is 4.55 Å². The smallest absolute Gasteiger partial charge is 0.261 e. The number of halogens is 1. The van der Waals surface area contributed by atoms with Crippen molar-refractivity contribution in [1.29, 1.82) is 0 Å². The van der Waals surface area contributed by atoms with Gasteiger partial charge in [0.1, 0.15) is 33.2 Å². The lowest BCUT2D eigenvalue weighted by Crippen LogP contribution is -2.11. The zero-order valence-electron chi connectivity index (χ0n) is 20.1. The molecule has 0 amide bonds. The molecule has 3 heterocycles. The molecule has 0 aliphatic heterocycles. The predicted molar refractivity (Wildman–Crippen MR) is 149 cm³/mol. The molecule has 38 heavy (non-hydrogen) atoms. The topological polar surface area (TPSA) is 153 Å². The minimum absolute atomic E-state index is 0.0232. The van der Waals surface area contributed by atoms with Gasteiger partial charge in [0.15, 0.2) is 5.82 Å². The predicted octanol–water partition coefficient (Wildman–Crippen LogP) is 4.78. The van der Waals surface area contributed by atoms with Crippen LogP contribution >= 0.6 is 23.1 Å². The van der Waals surface area contributed by atoms with Crippen LogP contribution in [-0.2, 0) is 26.5 Å². The van der Waals surface area contributed by atoms with Gasteiger partial charge in [0.2, 0.25) is 0 Å². The van der Waals surface area contributed by atoms with Crippen molar-refractivity contribution in [2.24, 2.45) is 0 Å². The Morgan fingerprint density at radius 2 is 1.84 bits per heavy atom. The van der Waals surface area contributed by atoms with Crippen LogP contribution in [0.25, 0.3) is 21.1 Å². The first-order valence-electron chi connectivity index (χ1n) is 10.9. The molecule has 0 saturated carbocycles. The highest BCUT2D eigenvalue weighted by atomic mass is 35.5. The Bertz CT molecular complexity index is 1810. The van der Waals surface area contributed by atoms with Gasteiger partial charge in [-0.25, -0.2) is 18.4 Å². The van der Waals surface area contributed by atoms with Gasteiger partial charge in [0.25, 0.3) is 10.1 Å². The molecule has 15 heteroatoms. The molecule has 2 aromatic carbocycles. The summed E-state index contributed by atoms with van der Waals surface area (Å²) in [6.07, 6.45) is 6.97. The number of rotatable bonds is 7. The van der Waals surface area contributed by atoms with Crippen molar-refractivity contribution in [1.82, 2.24) is 18.9 Å². The number of sulfone groups is 1. The van der Waals surface area contributed by atoms with Gasteiger partial charge < -0.3 is 14.6 Å². The largest absolute Gasteiger partial charge is 0.455 e. The molecule has 0 radical (unpaired) electrons. The lowest BCUT2D eigenvalue weighted by Gasteiger charge is -2.13. The van der Waals surface area contributed by atoms with E-state index in [4.69, 9.17) is 20.9 Å². The molecule has 5 aromatic rings. The molecule has 0 aliphatic carbocycles. The van der Waals surface area contributed by atoms with Crippen molar-refractivity contribution in [2.45, 2.75) is 6.54 Å². The van der Waals surface area contributed by atoms with Crippen molar-refractivity contribution in [3.05, 3.63) is 66.2 Å². The number of fused-ring (bicyclic) bond motifs is 2. The van der Waals surface area contributed by atoms with E-state index in [-0.39, 0.29) is 5.75 Å². The summed E-state index contributed by atoms with van der Waals surface area (Å²) in [5.41, 5.74) is 2.14. The SMILES string of the molecule is CS(=O)(=O)CCn1ccc2ncnc(Nc3ccc(Oc4cccc5sncc45)c(Cl)c3)c21.CS(=O)(=O)O. The lowest BCUT2D eigenvalue weighted by atomic mass is 10.2. The van der Waals surface area contributed by atoms with Crippen molar-refractivity contribution in [2.75, 3.05) is 23.6 Å². The first-order valence-corrected chi connectivity index (χ1v) is 15.9. The molecule has 0 fully saturated rings. The van der Waals surface area contributed by atoms with Gasteiger partial charge in [0.05, 0.1) is 38.8 Å². The zero-order valence-corrected chi connectivity index (χ0v) is 23.3. The molecule has 0 spiro atoms. The van der Waals surface area contributed by atoms with Crippen LogP contribution in [0.2, 0.25) is 5.02 Å². The van der Waals surface area contributed by atoms with Crippen LogP contribution in [0.15, 0.2) is 61.2 Å². The molecule has 200 valence electrons. The maximum Gasteiger partial charge on any atom is 0.261 e. The van der Waals surface area contributed by atoms with Crippen molar-refractivity contribution < 1.29 is 26.1 Å². The Hall–Kier alpha value is -3.30. The third-order valence-electron chi connectivity index (χ3n) is 5.03. The Morgan fingerprint density at radius 1 is 1.08 bits per heavy atom. The average molecular weight is 596 g/mol. The number of hydrogen-bond acceptors (Lipinski definition) is 10. The van der Waals surface area contributed by atoms with Crippen LogP contribution in [0.5, 0.6) is 11.5 Å². The van der Waals surface area contributed by atoms with Crippen LogP contribution in [-0.4, -0.2) is 58.6 Å². The van der Waals surface area contributed by atoms with Crippen LogP contribution < -0.4 is 10.1 Å². The highest BCUT2D eigenvalue weighted by Gasteiger charge is 2.13. The molecule has 0 aliphatic rings. The average Bonchev–Trinajstić information content (AvgIpc) is 3.46. The molecule has 3 aromatic heterocycles. The van der Waals surface area contributed by atoms with E-state index in [9.17, 15) is 16.8 Å². The van der Waals surface area contributed by atoms with Gasteiger partial charge in [-0.05, 0) is 47.9 Å². The minimum atomic E-state index is -3.67. The van der Waals surface area contributed by atoms with E-state index in [1.165, 1.54) is 24.1 Å². The Morgan fingerprint density at radius 3 is 2.55 bits per heavy atom. The number of nitrogens with one attached hydrogen (secondary N) is 1.